The smallest absolute Gasteiger partial charge is 0.211 e. The monoisotopic (exact) mass is 378 g/mol. The first-order valence-electron chi connectivity index (χ1n) is 7.12. The number of piperidine rings is 1. The van der Waals surface area contributed by atoms with Crippen molar-refractivity contribution in [3.8, 4) is 0 Å². The van der Waals surface area contributed by atoms with E-state index < -0.39 is 20.0 Å². The van der Waals surface area contributed by atoms with E-state index in [4.69, 9.17) is 11.6 Å². The molecule has 128 valence electrons. The second-order valence-electron chi connectivity index (χ2n) is 5.39. The molecule has 0 aliphatic carbocycles. The van der Waals surface area contributed by atoms with Gasteiger partial charge in [0.15, 0.2) is 0 Å². The van der Waals surface area contributed by atoms with Crippen molar-refractivity contribution in [2.24, 2.45) is 5.92 Å². The van der Waals surface area contributed by atoms with Gasteiger partial charge in [-0.3, -0.25) is 0 Å². The summed E-state index contributed by atoms with van der Waals surface area (Å²) in [6.07, 6.45) is 1.45. The molecule has 1 N–H and O–H groups in total. The molecule has 1 aliphatic heterocycles. The predicted molar refractivity (Wildman–Crippen MR) is 90.1 cm³/mol. The molecule has 1 aromatic rings. The number of benzene rings is 1. The van der Waals surface area contributed by atoms with Crippen LogP contribution in [0.15, 0.2) is 41.1 Å². The number of nitrogens with one attached hydrogen (secondary N) is 1. The van der Waals surface area contributed by atoms with Crippen molar-refractivity contribution in [3.63, 3.8) is 0 Å². The second-order valence-corrected chi connectivity index (χ2v) is 9.48. The third-order valence-electron chi connectivity index (χ3n) is 3.71. The molecule has 0 radical (unpaired) electrons. The number of rotatable bonds is 6. The van der Waals surface area contributed by atoms with Crippen molar-refractivity contribution in [2.45, 2.75) is 17.7 Å². The van der Waals surface area contributed by atoms with Gasteiger partial charge in [-0.15, -0.1) is 0 Å². The Kier molecular flexibility index (Phi) is 5.85. The zero-order valence-electron chi connectivity index (χ0n) is 12.5. The minimum atomic E-state index is -3.63. The van der Waals surface area contributed by atoms with Crippen LogP contribution in [0.25, 0.3) is 0 Å². The van der Waals surface area contributed by atoms with E-state index in [2.05, 4.69) is 11.3 Å². The Bertz CT molecular complexity index is 778. The number of hydrogen-bond acceptors (Lipinski definition) is 4. The molecule has 9 heteroatoms. The number of halogens is 1. The summed E-state index contributed by atoms with van der Waals surface area (Å²) in [5.41, 5.74) is 0. The number of nitrogens with zero attached hydrogens (tertiary/aromatic N) is 1. The Morgan fingerprint density at radius 1 is 1.35 bits per heavy atom. The van der Waals surface area contributed by atoms with E-state index in [1.807, 2.05) is 0 Å². The van der Waals surface area contributed by atoms with Crippen LogP contribution in [0.1, 0.15) is 12.8 Å². The lowest BCUT2D eigenvalue weighted by molar-refractivity contribution is 0.267. The van der Waals surface area contributed by atoms with Crippen molar-refractivity contribution in [1.29, 1.82) is 0 Å². The van der Waals surface area contributed by atoms with E-state index in [0.29, 0.717) is 18.0 Å². The van der Waals surface area contributed by atoms with Crippen LogP contribution in [-0.2, 0) is 20.0 Å². The van der Waals surface area contributed by atoms with E-state index in [0.717, 1.165) is 11.8 Å². The lowest BCUT2D eigenvalue weighted by Gasteiger charge is -2.31. The van der Waals surface area contributed by atoms with Crippen LogP contribution in [0.5, 0.6) is 0 Å². The summed E-state index contributed by atoms with van der Waals surface area (Å²) in [5, 5.41) is 1.20. The van der Waals surface area contributed by atoms with E-state index in [1.165, 1.54) is 16.4 Å². The molecular weight excluding hydrogens is 360 g/mol. The Morgan fingerprint density at radius 3 is 2.74 bits per heavy atom. The minimum Gasteiger partial charge on any atom is -0.211 e. The van der Waals surface area contributed by atoms with Crippen LogP contribution in [0.3, 0.4) is 0 Å². The molecule has 0 amide bonds. The maximum Gasteiger partial charge on any atom is 0.243 e. The normalized spacial score (nSPS) is 20.3. The van der Waals surface area contributed by atoms with Crippen LogP contribution >= 0.6 is 11.6 Å². The highest BCUT2D eigenvalue weighted by molar-refractivity contribution is 7.92. The summed E-state index contributed by atoms with van der Waals surface area (Å²) in [5.74, 6) is -0.0764. The van der Waals surface area contributed by atoms with E-state index >= 15 is 0 Å². The van der Waals surface area contributed by atoms with Crippen molar-refractivity contribution >= 4 is 31.6 Å². The van der Waals surface area contributed by atoms with Crippen molar-refractivity contribution in [1.82, 2.24) is 9.03 Å². The highest BCUT2D eigenvalue weighted by Crippen LogP contribution is 2.25. The Balaban J connectivity index is 2.10. The maximum atomic E-state index is 12.7. The van der Waals surface area contributed by atoms with Crippen LogP contribution in [0.2, 0.25) is 5.02 Å². The van der Waals surface area contributed by atoms with Gasteiger partial charge in [-0.2, -0.15) is 4.31 Å². The lowest BCUT2D eigenvalue weighted by Crippen LogP contribution is -2.43. The number of hydrogen-bond donors (Lipinski definition) is 1. The van der Waals surface area contributed by atoms with Gasteiger partial charge < -0.3 is 0 Å². The summed E-state index contributed by atoms with van der Waals surface area (Å²) in [6, 6.07) is 6.13. The molecular formula is C14H19ClN2O4S2. The largest absolute Gasteiger partial charge is 0.243 e. The molecule has 1 aliphatic rings. The fraction of sp³-hybridized carbons (Fsp3) is 0.429. The molecule has 1 fully saturated rings. The highest BCUT2D eigenvalue weighted by atomic mass is 35.5. The topological polar surface area (TPSA) is 83.6 Å². The van der Waals surface area contributed by atoms with Gasteiger partial charge in [0.2, 0.25) is 20.0 Å². The first kappa shape index (κ1) is 18.4. The summed E-state index contributed by atoms with van der Waals surface area (Å²) in [7, 11) is -7.13. The van der Waals surface area contributed by atoms with Gasteiger partial charge in [-0.05, 0) is 37.0 Å². The first-order chi connectivity index (χ1) is 10.7. The van der Waals surface area contributed by atoms with E-state index in [-0.39, 0.29) is 23.9 Å². The van der Waals surface area contributed by atoms with Crippen molar-refractivity contribution in [2.75, 3.05) is 19.6 Å². The fourth-order valence-corrected chi connectivity index (χ4v) is 4.92. The molecule has 2 rings (SSSR count). The first-order valence-corrected chi connectivity index (χ1v) is 10.5. The molecule has 0 spiro atoms. The lowest BCUT2D eigenvalue weighted by atomic mass is 10.0. The molecule has 1 atom stereocenters. The summed E-state index contributed by atoms with van der Waals surface area (Å²) >= 11 is 5.87. The molecule has 1 heterocycles. The standard InChI is InChI=1S/C14H19ClN2O4S2/c1-2-22(18,19)16-10-12-5-4-8-17(11-12)23(20,21)14-7-3-6-13(15)9-14/h2-3,6-7,9,12,16H,1,4-5,8,10-11H2. The molecule has 0 aromatic heterocycles. The molecule has 6 nitrogen and oxygen atoms in total. The van der Waals surface area contributed by atoms with Gasteiger partial charge in [-0.1, -0.05) is 24.2 Å². The van der Waals surface area contributed by atoms with Crippen LogP contribution < -0.4 is 4.72 Å². The summed E-state index contributed by atoms with van der Waals surface area (Å²) in [4.78, 5) is 0.150. The highest BCUT2D eigenvalue weighted by Gasteiger charge is 2.30. The average molecular weight is 379 g/mol. The van der Waals surface area contributed by atoms with E-state index in [9.17, 15) is 16.8 Å². The van der Waals surface area contributed by atoms with Crippen LogP contribution in [0, 0.1) is 5.92 Å². The third kappa shape index (κ3) is 4.77. The fourth-order valence-electron chi connectivity index (χ4n) is 2.48. The molecule has 23 heavy (non-hydrogen) atoms. The Hall–Kier alpha value is -0.930. The SMILES string of the molecule is C=CS(=O)(=O)NCC1CCCN(S(=O)(=O)c2cccc(Cl)c2)C1. The maximum absolute atomic E-state index is 12.7. The molecule has 1 saturated heterocycles. The number of sulfonamides is 2. The predicted octanol–water partition coefficient (Wildman–Crippen LogP) is 1.80. The zero-order chi connectivity index (χ0) is 17.1. The molecule has 1 aromatic carbocycles. The molecule has 0 saturated carbocycles. The second kappa shape index (κ2) is 7.31. The van der Waals surface area contributed by atoms with E-state index in [1.54, 1.807) is 12.1 Å². The van der Waals surface area contributed by atoms with Crippen molar-refractivity contribution in [3.05, 3.63) is 41.3 Å². The zero-order valence-corrected chi connectivity index (χ0v) is 14.9. The average Bonchev–Trinajstić information content (AvgIpc) is 2.53. The Morgan fingerprint density at radius 2 is 2.09 bits per heavy atom. The molecule has 1 unspecified atom stereocenters. The van der Waals surface area contributed by atoms with Gasteiger partial charge in [0.25, 0.3) is 0 Å². The summed E-state index contributed by atoms with van der Waals surface area (Å²) in [6.45, 7) is 4.11. The Labute approximate surface area is 142 Å². The van der Waals surface area contributed by atoms with Crippen LogP contribution in [0.4, 0.5) is 0 Å². The molecule has 0 bridgehead atoms. The minimum absolute atomic E-state index is 0.0764. The van der Waals surface area contributed by atoms with Gasteiger partial charge in [0.05, 0.1) is 4.90 Å². The van der Waals surface area contributed by atoms with Crippen LogP contribution in [-0.4, -0.2) is 40.8 Å². The third-order valence-corrected chi connectivity index (χ3v) is 6.81. The quantitative estimate of drug-likeness (QED) is 0.818. The van der Waals surface area contributed by atoms with Gasteiger partial charge in [0, 0.05) is 30.1 Å². The van der Waals surface area contributed by atoms with Gasteiger partial charge in [-0.25, -0.2) is 21.6 Å². The van der Waals surface area contributed by atoms with Crippen molar-refractivity contribution < 1.29 is 16.8 Å². The summed E-state index contributed by atoms with van der Waals surface area (Å²) < 4.78 is 51.9. The van der Waals surface area contributed by atoms with Gasteiger partial charge >= 0.3 is 0 Å². The van der Waals surface area contributed by atoms with Gasteiger partial charge in [0.1, 0.15) is 0 Å².